The zero-order valence-electron chi connectivity index (χ0n) is 7.56. The predicted molar refractivity (Wildman–Crippen MR) is 53.6 cm³/mol. The minimum atomic E-state index is -1.83. The van der Waals surface area contributed by atoms with Gasteiger partial charge in [-0.3, -0.25) is 0 Å². The third kappa shape index (κ3) is 8.88. The molecule has 3 nitrogen and oxygen atoms in total. The van der Waals surface area contributed by atoms with Gasteiger partial charge in [0.05, 0.1) is 0 Å². The summed E-state index contributed by atoms with van der Waals surface area (Å²) in [4.78, 5) is 10.1. The van der Waals surface area contributed by atoms with Crippen LogP contribution in [-0.4, -0.2) is 16.4 Å². The summed E-state index contributed by atoms with van der Waals surface area (Å²) in [5.74, 6) is 0. The van der Waals surface area contributed by atoms with Gasteiger partial charge >= 0.3 is 6.16 Å². The van der Waals surface area contributed by atoms with E-state index in [-0.39, 0.29) is 0 Å². The van der Waals surface area contributed by atoms with Gasteiger partial charge in [-0.2, -0.15) is 0 Å². The van der Waals surface area contributed by atoms with Crippen LogP contribution in [0.1, 0.15) is 24.6 Å². The summed E-state index contributed by atoms with van der Waals surface area (Å²) in [7, 11) is 0. The normalized spacial score (nSPS) is 8.69. The highest BCUT2D eigenvalue weighted by Crippen LogP contribution is 2.11. The third-order valence-electron chi connectivity index (χ3n) is 1.36. The molecular formula is C9H14O3S. The van der Waals surface area contributed by atoms with Crippen molar-refractivity contribution in [3.05, 3.63) is 22.4 Å². The van der Waals surface area contributed by atoms with E-state index < -0.39 is 6.16 Å². The molecule has 0 unspecified atom stereocenters. The average Bonchev–Trinajstić information content (AvgIpc) is 2.51. The van der Waals surface area contributed by atoms with E-state index in [0.29, 0.717) is 0 Å². The summed E-state index contributed by atoms with van der Waals surface area (Å²) in [5.41, 5.74) is 0. The van der Waals surface area contributed by atoms with E-state index in [1.165, 1.54) is 24.1 Å². The Labute approximate surface area is 81.7 Å². The molecule has 0 aliphatic carbocycles. The lowest BCUT2D eigenvalue weighted by molar-refractivity contribution is 0.137. The van der Waals surface area contributed by atoms with Gasteiger partial charge in [0, 0.05) is 4.88 Å². The van der Waals surface area contributed by atoms with Crippen molar-refractivity contribution < 1.29 is 15.0 Å². The summed E-state index contributed by atoms with van der Waals surface area (Å²) < 4.78 is 0. The van der Waals surface area contributed by atoms with E-state index in [1.54, 1.807) is 0 Å². The number of thiophene rings is 1. The van der Waals surface area contributed by atoms with Crippen LogP contribution in [0.25, 0.3) is 0 Å². The van der Waals surface area contributed by atoms with Crippen LogP contribution in [0.5, 0.6) is 0 Å². The predicted octanol–water partition coefficient (Wildman–Crippen LogP) is 3.31. The second-order valence-corrected chi connectivity index (χ2v) is 3.50. The van der Waals surface area contributed by atoms with Gasteiger partial charge in [-0.1, -0.05) is 19.4 Å². The standard InChI is InChI=1S/C8H12S.CH2O3/c1-2-3-5-8-6-4-7-9-8;2-1(3)4/h4,6-7H,2-3,5H2,1H3;(H2,2,3,4). The van der Waals surface area contributed by atoms with E-state index in [1.807, 2.05) is 11.3 Å². The molecule has 2 N–H and O–H groups in total. The van der Waals surface area contributed by atoms with Crippen LogP contribution in [0.2, 0.25) is 0 Å². The van der Waals surface area contributed by atoms with Gasteiger partial charge in [0.1, 0.15) is 0 Å². The fourth-order valence-electron chi connectivity index (χ4n) is 0.806. The second-order valence-electron chi connectivity index (χ2n) is 2.47. The number of rotatable bonds is 3. The minimum absolute atomic E-state index is 1.27. The molecule has 0 saturated heterocycles. The van der Waals surface area contributed by atoms with Gasteiger partial charge < -0.3 is 10.2 Å². The van der Waals surface area contributed by atoms with Crippen LogP contribution in [0, 0.1) is 0 Å². The lowest BCUT2D eigenvalue weighted by Gasteiger charge is -1.90. The molecule has 0 atom stereocenters. The molecule has 0 aromatic carbocycles. The molecule has 0 amide bonds. The van der Waals surface area contributed by atoms with Crippen molar-refractivity contribution in [1.29, 1.82) is 0 Å². The molecule has 1 rings (SSSR count). The first-order valence-electron chi connectivity index (χ1n) is 4.11. The molecule has 0 spiro atoms. The second kappa shape index (κ2) is 7.61. The first-order valence-corrected chi connectivity index (χ1v) is 4.99. The average molecular weight is 202 g/mol. The molecule has 0 aliphatic rings. The molecule has 0 fully saturated rings. The first kappa shape index (κ1) is 12.0. The van der Waals surface area contributed by atoms with Crippen molar-refractivity contribution in [2.45, 2.75) is 26.2 Å². The van der Waals surface area contributed by atoms with Crippen LogP contribution in [0.15, 0.2) is 17.5 Å². The Hall–Kier alpha value is -1.03. The van der Waals surface area contributed by atoms with Gasteiger partial charge in [-0.25, -0.2) is 4.79 Å². The number of unbranched alkanes of at least 4 members (excludes halogenated alkanes) is 1. The topological polar surface area (TPSA) is 57.5 Å². The number of hydrogen-bond acceptors (Lipinski definition) is 2. The first-order chi connectivity index (χ1) is 6.16. The molecule has 13 heavy (non-hydrogen) atoms. The third-order valence-corrected chi connectivity index (χ3v) is 2.29. The van der Waals surface area contributed by atoms with Crippen molar-refractivity contribution >= 4 is 17.5 Å². The summed E-state index contributed by atoms with van der Waals surface area (Å²) in [5, 5.41) is 16.1. The largest absolute Gasteiger partial charge is 0.503 e. The van der Waals surface area contributed by atoms with Gasteiger partial charge in [0.2, 0.25) is 0 Å². The highest BCUT2D eigenvalue weighted by atomic mass is 32.1. The minimum Gasteiger partial charge on any atom is -0.450 e. The van der Waals surface area contributed by atoms with Gasteiger partial charge in [0.15, 0.2) is 0 Å². The van der Waals surface area contributed by atoms with Crippen molar-refractivity contribution in [3.8, 4) is 0 Å². The zero-order chi connectivity index (χ0) is 10.1. The Balaban J connectivity index is 0.000000310. The van der Waals surface area contributed by atoms with E-state index in [0.717, 1.165) is 0 Å². The molecular weight excluding hydrogens is 188 g/mol. The monoisotopic (exact) mass is 202 g/mol. The van der Waals surface area contributed by atoms with E-state index in [2.05, 4.69) is 24.4 Å². The fraction of sp³-hybridized carbons (Fsp3) is 0.444. The maximum Gasteiger partial charge on any atom is 0.503 e. The van der Waals surface area contributed by atoms with Crippen LogP contribution in [-0.2, 0) is 6.42 Å². The maximum atomic E-state index is 8.56. The van der Waals surface area contributed by atoms with Gasteiger partial charge in [-0.05, 0) is 24.3 Å². The van der Waals surface area contributed by atoms with Crippen molar-refractivity contribution in [1.82, 2.24) is 0 Å². The van der Waals surface area contributed by atoms with Crippen LogP contribution in [0.3, 0.4) is 0 Å². The van der Waals surface area contributed by atoms with Crippen molar-refractivity contribution in [2.75, 3.05) is 0 Å². The number of carbonyl (C=O) groups is 1. The SMILES string of the molecule is CCCCc1cccs1.O=C(O)O. The summed E-state index contributed by atoms with van der Waals surface area (Å²) >= 11 is 1.86. The molecule has 4 heteroatoms. The quantitative estimate of drug-likeness (QED) is 0.790. The molecule has 1 heterocycles. The Morgan fingerprint density at radius 1 is 1.54 bits per heavy atom. The molecule has 1 aromatic heterocycles. The Morgan fingerprint density at radius 2 is 2.15 bits per heavy atom. The lowest BCUT2D eigenvalue weighted by atomic mass is 10.2. The number of hydrogen-bond donors (Lipinski definition) is 2. The molecule has 0 saturated carbocycles. The zero-order valence-corrected chi connectivity index (χ0v) is 8.38. The molecule has 0 aliphatic heterocycles. The summed E-state index contributed by atoms with van der Waals surface area (Å²) in [6, 6.07) is 4.33. The molecule has 74 valence electrons. The maximum absolute atomic E-state index is 8.56. The molecule has 1 aromatic rings. The summed E-state index contributed by atoms with van der Waals surface area (Å²) in [6.45, 7) is 2.23. The lowest BCUT2D eigenvalue weighted by Crippen LogP contribution is -1.81. The highest BCUT2D eigenvalue weighted by Gasteiger charge is 1.89. The smallest absolute Gasteiger partial charge is 0.450 e. The Kier molecular flexibility index (Phi) is 7.01. The van der Waals surface area contributed by atoms with E-state index >= 15 is 0 Å². The molecule has 0 radical (unpaired) electrons. The van der Waals surface area contributed by atoms with Gasteiger partial charge in [-0.15, -0.1) is 11.3 Å². The van der Waals surface area contributed by atoms with Gasteiger partial charge in [0.25, 0.3) is 0 Å². The highest BCUT2D eigenvalue weighted by molar-refractivity contribution is 7.09. The molecule has 0 bridgehead atoms. The van der Waals surface area contributed by atoms with Crippen molar-refractivity contribution in [3.63, 3.8) is 0 Å². The fourth-order valence-corrected chi connectivity index (χ4v) is 1.56. The number of carboxylic acid groups (broad SMARTS) is 2. The Morgan fingerprint density at radius 3 is 2.54 bits per heavy atom. The van der Waals surface area contributed by atoms with Crippen LogP contribution >= 0.6 is 11.3 Å². The van der Waals surface area contributed by atoms with E-state index in [9.17, 15) is 0 Å². The number of aryl methyl sites for hydroxylation is 1. The Bertz CT molecular complexity index is 215. The van der Waals surface area contributed by atoms with Crippen LogP contribution < -0.4 is 0 Å². The summed E-state index contributed by atoms with van der Waals surface area (Å²) in [6.07, 6.45) is 2.08. The van der Waals surface area contributed by atoms with Crippen LogP contribution in [0.4, 0.5) is 4.79 Å². The van der Waals surface area contributed by atoms with Crippen molar-refractivity contribution in [2.24, 2.45) is 0 Å². The van der Waals surface area contributed by atoms with E-state index in [4.69, 9.17) is 15.0 Å².